The van der Waals surface area contributed by atoms with Crippen molar-refractivity contribution in [2.75, 3.05) is 44.2 Å². The molecule has 6 nitrogen and oxygen atoms in total. The molecule has 2 aliphatic rings. The summed E-state index contributed by atoms with van der Waals surface area (Å²) in [7, 11) is 0. The Labute approximate surface area is 136 Å². The van der Waals surface area contributed by atoms with E-state index in [9.17, 15) is 9.59 Å². The number of carbonyl (C=O) groups is 2. The molecule has 2 fully saturated rings. The summed E-state index contributed by atoms with van der Waals surface area (Å²) >= 11 is 0. The van der Waals surface area contributed by atoms with Gasteiger partial charge in [-0.2, -0.15) is 0 Å². The van der Waals surface area contributed by atoms with Gasteiger partial charge in [0.1, 0.15) is 32.7 Å². The Morgan fingerprint density at radius 1 is 1.13 bits per heavy atom. The summed E-state index contributed by atoms with van der Waals surface area (Å²) in [5.74, 6) is -0.166. The van der Waals surface area contributed by atoms with Gasteiger partial charge in [-0.1, -0.05) is 17.7 Å². The standard InChI is InChI=1S/C17H23N3O3/c1-13-2-4-14(5-3-13)20-16(22)12-15(17(20)23)19-8-6-18(7-9-19)10-11-21/h2-5,15,21H,6-12H2,1H3/p+2/t15-/m1/s1. The van der Waals surface area contributed by atoms with Crippen LogP contribution in [-0.2, 0) is 9.59 Å². The fourth-order valence-electron chi connectivity index (χ4n) is 3.60. The molecule has 3 rings (SSSR count). The number of carbonyl (C=O) groups excluding carboxylic acids is 2. The average molecular weight is 319 g/mol. The lowest BCUT2D eigenvalue weighted by atomic mass is 10.1. The second-order valence-corrected chi connectivity index (χ2v) is 6.54. The number of quaternary nitrogens is 2. The largest absolute Gasteiger partial charge is 0.391 e. The maximum atomic E-state index is 12.7. The Morgan fingerprint density at radius 3 is 2.39 bits per heavy atom. The number of aliphatic hydroxyl groups excluding tert-OH is 1. The first kappa shape index (κ1) is 16.1. The molecule has 3 N–H and O–H groups in total. The maximum Gasteiger partial charge on any atom is 0.292 e. The molecule has 0 unspecified atom stereocenters. The van der Waals surface area contributed by atoms with Gasteiger partial charge in [0.2, 0.25) is 5.91 Å². The van der Waals surface area contributed by atoms with Crippen LogP contribution in [0.5, 0.6) is 0 Å². The second-order valence-electron chi connectivity index (χ2n) is 6.54. The van der Waals surface area contributed by atoms with Crippen molar-refractivity contribution in [3.8, 4) is 0 Å². The first-order valence-corrected chi connectivity index (χ1v) is 8.32. The van der Waals surface area contributed by atoms with Crippen molar-refractivity contribution in [2.24, 2.45) is 0 Å². The van der Waals surface area contributed by atoms with Crippen molar-refractivity contribution in [1.82, 2.24) is 0 Å². The third kappa shape index (κ3) is 3.29. The minimum Gasteiger partial charge on any atom is -0.391 e. The molecule has 2 amide bonds. The van der Waals surface area contributed by atoms with E-state index >= 15 is 0 Å². The minimum atomic E-state index is -0.250. The number of piperazine rings is 1. The summed E-state index contributed by atoms with van der Waals surface area (Å²) in [6.45, 7) is 6.59. The molecule has 6 heteroatoms. The molecule has 0 saturated carbocycles. The normalized spacial score (nSPS) is 28.4. The van der Waals surface area contributed by atoms with Gasteiger partial charge in [-0.3, -0.25) is 9.59 Å². The number of hydrogen-bond donors (Lipinski definition) is 3. The number of nitrogens with one attached hydrogen (secondary N) is 2. The molecule has 1 aromatic rings. The summed E-state index contributed by atoms with van der Waals surface area (Å²) in [5.41, 5.74) is 1.79. The molecule has 23 heavy (non-hydrogen) atoms. The highest BCUT2D eigenvalue weighted by atomic mass is 16.3. The van der Waals surface area contributed by atoms with E-state index in [1.807, 2.05) is 31.2 Å². The first-order valence-electron chi connectivity index (χ1n) is 8.32. The Kier molecular flexibility index (Phi) is 4.75. The number of nitrogens with zero attached hydrogens (tertiary/aromatic N) is 1. The van der Waals surface area contributed by atoms with E-state index in [2.05, 4.69) is 0 Å². The van der Waals surface area contributed by atoms with Crippen LogP contribution >= 0.6 is 0 Å². The number of benzene rings is 1. The minimum absolute atomic E-state index is 0.0699. The summed E-state index contributed by atoms with van der Waals surface area (Å²) in [5, 5.41) is 9.02. The molecule has 0 radical (unpaired) electrons. The molecular weight excluding hydrogens is 294 g/mol. The Morgan fingerprint density at radius 2 is 1.78 bits per heavy atom. The summed E-state index contributed by atoms with van der Waals surface area (Å²) in [6.07, 6.45) is 0.303. The second kappa shape index (κ2) is 6.78. The molecule has 1 aromatic carbocycles. The fraction of sp³-hybridized carbons (Fsp3) is 0.529. The quantitative estimate of drug-likeness (QED) is 0.534. The van der Waals surface area contributed by atoms with Gasteiger partial charge in [-0.15, -0.1) is 0 Å². The van der Waals surface area contributed by atoms with Crippen molar-refractivity contribution in [1.29, 1.82) is 0 Å². The van der Waals surface area contributed by atoms with Gasteiger partial charge >= 0.3 is 0 Å². The third-order valence-electron chi connectivity index (χ3n) is 5.00. The Bertz CT molecular complexity index is 579. The van der Waals surface area contributed by atoms with Gasteiger partial charge in [0.15, 0.2) is 6.04 Å². The summed E-state index contributed by atoms with van der Waals surface area (Å²) in [4.78, 5) is 29.0. The number of imide groups is 1. The van der Waals surface area contributed by atoms with Crippen LogP contribution in [0.3, 0.4) is 0 Å². The first-order chi connectivity index (χ1) is 11.1. The summed E-state index contributed by atoms with van der Waals surface area (Å²) < 4.78 is 0. The van der Waals surface area contributed by atoms with Crippen molar-refractivity contribution in [3.05, 3.63) is 29.8 Å². The van der Waals surface area contributed by atoms with E-state index in [0.29, 0.717) is 12.1 Å². The highest BCUT2D eigenvalue weighted by Crippen LogP contribution is 2.22. The van der Waals surface area contributed by atoms with E-state index in [4.69, 9.17) is 5.11 Å². The van der Waals surface area contributed by atoms with Crippen LogP contribution < -0.4 is 14.7 Å². The van der Waals surface area contributed by atoms with Crippen LogP contribution in [0.15, 0.2) is 24.3 Å². The monoisotopic (exact) mass is 319 g/mol. The predicted molar refractivity (Wildman–Crippen MR) is 85.4 cm³/mol. The average Bonchev–Trinajstić information content (AvgIpc) is 2.84. The van der Waals surface area contributed by atoms with Gasteiger partial charge < -0.3 is 14.9 Å². The van der Waals surface area contributed by atoms with Gasteiger partial charge in [-0.05, 0) is 19.1 Å². The zero-order valence-electron chi connectivity index (χ0n) is 13.5. The Balaban J connectivity index is 1.68. The Hall–Kier alpha value is -1.76. The topological polar surface area (TPSA) is 66.5 Å². The van der Waals surface area contributed by atoms with Gasteiger partial charge in [0.05, 0.1) is 18.7 Å². The third-order valence-corrected chi connectivity index (χ3v) is 5.00. The van der Waals surface area contributed by atoms with Crippen LogP contribution in [0.25, 0.3) is 0 Å². The lowest BCUT2D eigenvalue weighted by molar-refractivity contribution is -1.02. The number of aryl methyl sites for hydroxylation is 1. The summed E-state index contributed by atoms with van der Waals surface area (Å²) in [6, 6.07) is 7.28. The molecule has 0 aliphatic carbocycles. The van der Waals surface area contributed by atoms with E-state index in [1.165, 1.54) is 14.7 Å². The lowest BCUT2D eigenvalue weighted by Gasteiger charge is -2.31. The lowest BCUT2D eigenvalue weighted by Crippen LogP contribution is -3.30. The van der Waals surface area contributed by atoms with Crippen LogP contribution in [0.4, 0.5) is 5.69 Å². The SMILES string of the molecule is Cc1ccc(N2C(=O)C[C@@H]([NH+]3CC[NH+](CCO)CC3)C2=O)cc1. The maximum absolute atomic E-state index is 12.7. The molecular formula is C17H25N3O3+2. The zero-order valence-corrected chi connectivity index (χ0v) is 13.5. The smallest absolute Gasteiger partial charge is 0.292 e. The van der Waals surface area contributed by atoms with Crippen molar-refractivity contribution in [2.45, 2.75) is 19.4 Å². The molecule has 2 saturated heterocycles. The molecule has 0 spiro atoms. The number of amides is 2. The predicted octanol–water partition coefficient (Wildman–Crippen LogP) is -2.60. The van der Waals surface area contributed by atoms with E-state index in [0.717, 1.165) is 38.3 Å². The van der Waals surface area contributed by atoms with Gasteiger partial charge in [0.25, 0.3) is 5.91 Å². The van der Waals surface area contributed by atoms with Crippen molar-refractivity contribution >= 4 is 17.5 Å². The van der Waals surface area contributed by atoms with Gasteiger partial charge in [-0.25, -0.2) is 4.90 Å². The number of hydrogen-bond acceptors (Lipinski definition) is 3. The number of anilines is 1. The number of rotatable bonds is 4. The molecule has 0 bridgehead atoms. The van der Waals surface area contributed by atoms with Crippen LogP contribution in [0, 0.1) is 6.92 Å². The molecule has 0 aromatic heterocycles. The van der Waals surface area contributed by atoms with Gasteiger partial charge in [0, 0.05) is 0 Å². The van der Waals surface area contributed by atoms with Crippen LogP contribution in [0.1, 0.15) is 12.0 Å². The van der Waals surface area contributed by atoms with Crippen molar-refractivity contribution in [3.63, 3.8) is 0 Å². The van der Waals surface area contributed by atoms with Crippen LogP contribution in [-0.4, -0.2) is 62.3 Å². The molecule has 1 atom stereocenters. The van der Waals surface area contributed by atoms with E-state index < -0.39 is 0 Å². The highest BCUT2D eigenvalue weighted by Gasteiger charge is 2.46. The molecule has 2 heterocycles. The number of aliphatic hydroxyl groups is 1. The van der Waals surface area contributed by atoms with E-state index in [1.54, 1.807) is 0 Å². The highest BCUT2D eigenvalue weighted by molar-refractivity contribution is 6.21. The van der Waals surface area contributed by atoms with Crippen LogP contribution in [0.2, 0.25) is 0 Å². The molecule has 2 aliphatic heterocycles. The molecule has 124 valence electrons. The zero-order chi connectivity index (χ0) is 16.4. The fourth-order valence-corrected chi connectivity index (χ4v) is 3.60. The van der Waals surface area contributed by atoms with E-state index in [-0.39, 0.29) is 24.5 Å². The van der Waals surface area contributed by atoms with Crippen molar-refractivity contribution < 1.29 is 24.5 Å².